The van der Waals surface area contributed by atoms with Gasteiger partial charge < -0.3 is 5.32 Å². The van der Waals surface area contributed by atoms with Crippen molar-refractivity contribution in [2.75, 3.05) is 0 Å². The van der Waals surface area contributed by atoms with E-state index in [0.29, 0.717) is 5.02 Å². The molecule has 1 unspecified atom stereocenters. The Morgan fingerprint density at radius 3 is 2.50 bits per heavy atom. The van der Waals surface area contributed by atoms with Crippen molar-refractivity contribution < 1.29 is 9.18 Å². The summed E-state index contributed by atoms with van der Waals surface area (Å²) in [5, 5.41) is 5.54. The van der Waals surface area contributed by atoms with Crippen LogP contribution in [0.2, 0.25) is 5.02 Å². The quantitative estimate of drug-likeness (QED) is 0.683. The number of carbonyl (C=O) groups is 1. The van der Waals surface area contributed by atoms with Crippen molar-refractivity contribution in [3.05, 3.63) is 92.9 Å². The van der Waals surface area contributed by atoms with Crippen molar-refractivity contribution in [2.45, 2.75) is 12.5 Å². The highest BCUT2D eigenvalue weighted by Crippen LogP contribution is 2.26. The first-order chi connectivity index (χ1) is 11.6. The Morgan fingerprint density at radius 1 is 1.08 bits per heavy atom. The first kappa shape index (κ1) is 16.7. The predicted molar refractivity (Wildman–Crippen MR) is 95.9 cm³/mol. The van der Waals surface area contributed by atoms with Gasteiger partial charge in [-0.15, -0.1) is 11.3 Å². The Bertz CT molecular complexity index is 818. The van der Waals surface area contributed by atoms with E-state index in [1.165, 1.54) is 12.1 Å². The summed E-state index contributed by atoms with van der Waals surface area (Å²) in [5.74, 6) is -0.433. The number of hydrogen-bond donors (Lipinski definition) is 1. The highest BCUT2D eigenvalue weighted by molar-refractivity contribution is 7.10. The molecule has 1 aromatic heterocycles. The highest BCUT2D eigenvalue weighted by Gasteiger charge is 2.18. The van der Waals surface area contributed by atoms with Gasteiger partial charge in [-0.2, -0.15) is 0 Å². The van der Waals surface area contributed by atoms with E-state index in [1.807, 2.05) is 35.7 Å². The van der Waals surface area contributed by atoms with Gasteiger partial charge in [0.1, 0.15) is 5.82 Å². The Hall–Kier alpha value is -2.17. The third kappa shape index (κ3) is 4.02. The Labute approximate surface area is 148 Å². The zero-order chi connectivity index (χ0) is 16.9. The summed E-state index contributed by atoms with van der Waals surface area (Å²) in [6, 6.07) is 17.0. The molecule has 24 heavy (non-hydrogen) atoms. The molecule has 0 spiro atoms. The van der Waals surface area contributed by atoms with Crippen LogP contribution in [-0.4, -0.2) is 5.91 Å². The second-order valence-electron chi connectivity index (χ2n) is 5.34. The van der Waals surface area contributed by atoms with Gasteiger partial charge in [0.2, 0.25) is 5.91 Å². The van der Waals surface area contributed by atoms with Gasteiger partial charge in [0.25, 0.3) is 0 Å². The van der Waals surface area contributed by atoms with Gasteiger partial charge >= 0.3 is 0 Å². The number of thiophene rings is 1. The second-order valence-corrected chi connectivity index (χ2v) is 6.72. The van der Waals surface area contributed by atoms with Crippen molar-refractivity contribution in [3.8, 4) is 0 Å². The average Bonchev–Trinajstić information content (AvgIpc) is 3.10. The van der Waals surface area contributed by atoms with Gasteiger partial charge in [0.05, 0.1) is 12.5 Å². The molecule has 1 N–H and O–H groups in total. The van der Waals surface area contributed by atoms with Gasteiger partial charge in [-0.25, -0.2) is 4.39 Å². The van der Waals surface area contributed by atoms with Crippen LogP contribution >= 0.6 is 22.9 Å². The van der Waals surface area contributed by atoms with Gasteiger partial charge in [-0.3, -0.25) is 4.79 Å². The van der Waals surface area contributed by atoms with Crippen molar-refractivity contribution in [1.29, 1.82) is 0 Å². The highest BCUT2D eigenvalue weighted by atomic mass is 35.5. The largest absolute Gasteiger partial charge is 0.344 e. The molecule has 3 aromatic rings. The predicted octanol–water partition coefficient (Wildman–Crippen LogP) is 4.99. The standard InChI is InChI=1S/C19H15ClFNOS/c20-16-5-2-1-4-14(16)12-18(23)22-19(17-6-3-11-24-17)13-7-9-15(21)10-8-13/h1-11,19H,12H2,(H,22,23). The van der Waals surface area contributed by atoms with E-state index in [4.69, 9.17) is 11.6 Å². The number of amides is 1. The minimum atomic E-state index is -0.305. The summed E-state index contributed by atoms with van der Waals surface area (Å²) in [6.07, 6.45) is 0.197. The van der Waals surface area contributed by atoms with E-state index in [0.717, 1.165) is 16.0 Å². The molecular formula is C19H15ClFNOS. The fourth-order valence-electron chi connectivity index (χ4n) is 2.46. The SMILES string of the molecule is O=C(Cc1ccccc1Cl)NC(c1ccc(F)cc1)c1cccs1. The number of hydrogen-bond acceptors (Lipinski definition) is 2. The van der Waals surface area contributed by atoms with Crippen molar-refractivity contribution in [3.63, 3.8) is 0 Å². The Balaban J connectivity index is 1.81. The van der Waals surface area contributed by atoms with E-state index >= 15 is 0 Å². The summed E-state index contributed by atoms with van der Waals surface area (Å²) in [6.45, 7) is 0. The third-order valence-electron chi connectivity index (χ3n) is 3.65. The molecule has 0 saturated heterocycles. The van der Waals surface area contributed by atoms with Crippen LogP contribution in [0.3, 0.4) is 0 Å². The molecule has 0 fully saturated rings. The number of nitrogens with one attached hydrogen (secondary N) is 1. The molecule has 3 rings (SSSR count). The fraction of sp³-hybridized carbons (Fsp3) is 0.105. The first-order valence-electron chi connectivity index (χ1n) is 7.45. The van der Waals surface area contributed by atoms with E-state index < -0.39 is 0 Å². The van der Waals surface area contributed by atoms with E-state index in [1.54, 1.807) is 29.5 Å². The number of rotatable bonds is 5. The topological polar surface area (TPSA) is 29.1 Å². The summed E-state index contributed by atoms with van der Waals surface area (Å²) >= 11 is 7.67. The Morgan fingerprint density at radius 2 is 1.83 bits per heavy atom. The maximum absolute atomic E-state index is 13.2. The van der Waals surface area contributed by atoms with E-state index in [9.17, 15) is 9.18 Å². The molecule has 0 aliphatic rings. The lowest BCUT2D eigenvalue weighted by atomic mass is 10.0. The zero-order valence-corrected chi connectivity index (χ0v) is 14.3. The van der Waals surface area contributed by atoms with Crippen LogP contribution < -0.4 is 5.32 Å². The van der Waals surface area contributed by atoms with Crippen LogP contribution in [0.25, 0.3) is 0 Å². The van der Waals surface area contributed by atoms with Crippen LogP contribution in [0.1, 0.15) is 22.0 Å². The van der Waals surface area contributed by atoms with E-state index in [-0.39, 0.29) is 24.2 Å². The molecule has 1 atom stereocenters. The van der Waals surface area contributed by atoms with Crippen LogP contribution in [0.4, 0.5) is 4.39 Å². The molecule has 0 bridgehead atoms. The minimum Gasteiger partial charge on any atom is -0.344 e. The summed E-state index contributed by atoms with van der Waals surface area (Å²) in [7, 11) is 0. The van der Waals surface area contributed by atoms with Crippen molar-refractivity contribution >= 4 is 28.8 Å². The fourth-order valence-corrected chi connectivity index (χ4v) is 3.46. The lowest BCUT2D eigenvalue weighted by Crippen LogP contribution is -2.30. The van der Waals surface area contributed by atoms with E-state index in [2.05, 4.69) is 5.32 Å². The number of halogens is 2. The lowest BCUT2D eigenvalue weighted by Gasteiger charge is -2.18. The maximum Gasteiger partial charge on any atom is 0.225 e. The molecule has 0 saturated carbocycles. The Kier molecular flexibility index (Phi) is 5.28. The molecule has 2 nitrogen and oxygen atoms in total. The number of benzene rings is 2. The van der Waals surface area contributed by atoms with Crippen LogP contribution in [0.15, 0.2) is 66.0 Å². The van der Waals surface area contributed by atoms with Gasteiger partial charge in [-0.05, 0) is 40.8 Å². The van der Waals surface area contributed by atoms with Crippen LogP contribution in [0, 0.1) is 5.82 Å². The van der Waals surface area contributed by atoms with Gasteiger partial charge in [-0.1, -0.05) is 48.0 Å². The smallest absolute Gasteiger partial charge is 0.225 e. The van der Waals surface area contributed by atoms with Crippen LogP contribution in [0.5, 0.6) is 0 Å². The maximum atomic E-state index is 13.2. The second kappa shape index (κ2) is 7.60. The molecular weight excluding hydrogens is 345 g/mol. The van der Waals surface area contributed by atoms with Crippen molar-refractivity contribution in [2.24, 2.45) is 0 Å². The number of carbonyl (C=O) groups excluding carboxylic acids is 1. The average molecular weight is 360 g/mol. The molecule has 0 aliphatic carbocycles. The molecule has 0 aliphatic heterocycles. The molecule has 1 amide bonds. The molecule has 5 heteroatoms. The third-order valence-corrected chi connectivity index (χ3v) is 4.95. The summed E-state index contributed by atoms with van der Waals surface area (Å²) in [5.41, 5.74) is 1.62. The molecule has 2 aromatic carbocycles. The minimum absolute atomic E-state index is 0.133. The monoisotopic (exact) mass is 359 g/mol. The van der Waals surface area contributed by atoms with Crippen molar-refractivity contribution in [1.82, 2.24) is 5.32 Å². The molecule has 0 radical (unpaired) electrons. The molecule has 1 heterocycles. The normalized spacial score (nSPS) is 11.9. The first-order valence-corrected chi connectivity index (χ1v) is 8.71. The summed E-state index contributed by atoms with van der Waals surface area (Å²) in [4.78, 5) is 13.5. The van der Waals surface area contributed by atoms with Gasteiger partial charge in [0, 0.05) is 9.90 Å². The lowest BCUT2D eigenvalue weighted by molar-refractivity contribution is -0.120. The molecule has 122 valence electrons. The summed E-state index contributed by atoms with van der Waals surface area (Å²) < 4.78 is 13.2. The van der Waals surface area contributed by atoms with Crippen LogP contribution in [-0.2, 0) is 11.2 Å². The zero-order valence-electron chi connectivity index (χ0n) is 12.7. The van der Waals surface area contributed by atoms with Gasteiger partial charge in [0.15, 0.2) is 0 Å².